The van der Waals surface area contributed by atoms with E-state index in [2.05, 4.69) is 35.8 Å². The van der Waals surface area contributed by atoms with Gasteiger partial charge < -0.3 is 10.5 Å². The highest BCUT2D eigenvalue weighted by molar-refractivity contribution is 9.10. The molecule has 1 atom stereocenters. The van der Waals surface area contributed by atoms with Crippen molar-refractivity contribution in [1.29, 1.82) is 0 Å². The molecule has 16 heavy (non-hydrogen) atoms. The lowest BCUT2D eigenvalue weighted by molar-refractivity contribution is 0.284. The van der Waals surface area contributed by atoms with E-state index in [1.165, 1.54) is 0 Å². The van der Waals surface area contributed by atoms with Crippen molar-refractivity contribution in [3.63, 3.8) is 0 Å². The lowest BCUT2D eigenvalue weighted by Crippen LogP contribution is -2.29. The third-order valence-corrected chi connectivity index (χ3v) is 3.12. The number of thiocarbonyl (C=S) groups is 1. The molecule has 0 fully saturated rings. The number of nitrogens with two attached hydrogens (primary N) is 1. The molecule has 0 aliphatic carbocycles. The van der Waals surface area contributed by atoms with Gasteiger partial charge in [0, 0.05) is 4.47 Å². The van der Waals surface area contributed by atoms with Gasteiger partial charge in [0.2, 0.25) is 0 Å². The number of hydrogen-bond acceptors (Lipinski definition) is 2. The average molecular weight is 302 g/mol. The number of benzene rings is 1. The lowest BCUT2D eigenvalue weighted by atomic mass is 10.0. The first kappa shape index (κ1) is 13.5. The van der Waals surface area contributed by atoms with Crippen molar-refractivity contribution in [1.82, 2.24) is 0 Å². The Hall–Kier alpha value is -0.610. The minimum absolute atomic E-state index is 0.242. The van der Waals surface area contributed by atoms with Crippen LogP contribution in [0.3, 0.4) is 0 Å². The Kier molecular flexibility index (Phi) is 4.74. The molecule has 2 nitrogen and oxygen atoms in total. The third kappa shape index (κ3) is 3.46. The highest BCUT2D eigenvalue weighted by Gasteiger charge is 2.12. The van der Waals surface area contributed by atoms with Crippen molar-refractivity contribution in [3.05, 3.63) is 28.2 Å². The molecule has 1 aromatic carbocycles. The normalized spacial score (nSPS) is 12.6. The fraction of sp³-hybridized carbons (Fsp3) is 0.417. The van der Waals surface area contributed by atoms with Gasteiger partial charge in [0.1, 0.15) is 16.8 Å². The SMILES string of the molecule is CC(Oc1ccc(Br)cc1C(C)C)C(N)=S. The van der Waals surface area contributed by atoms with Crippen LogP contribution in [0.2, 0.25) is 0 Å². The summed E-state index contributed by atoms with van der Waals surface area (Å²) in [4.78, 5) is 0.373. The Morgan fingerprint density at radius 3 is 2.50 bits per heavy atom. The summed E-state index contributed by atoms with van der Waals surface area (Å²) in [6.45, 7) is 6.11. The van der Waals surface area contributed by atoms with E-state index in [4.69, 9.17) is 22.7 Å². The van der Waals surface area contributed by atoms with Crippen molar-refractivity contribution in [2.75, 3.05) is 0 Å². The van der Waals surface area contributed by atoms with E-state index in [9.17, 15) is 0 Å². The fourth-order valence-electron chi connectivity index (χ4n) is 1.33. The maximum absolute atomic E-state index is 5.74. The van der Waals surface area contributed by atoms with Crippen LogP contribution in [0.4, 0.5) is 0 Å². The van der Waals surface area contributed by atoms with Crippen LogP contribution in [0.25, 0.3) is 0 Å². The zero-order valence-corrected chi connectivity index (χ0v) is 12.1. The maximum atomic E-state index is 5.74. The van der Waals surface area contributed by atoms with Gasteiger partial charge in [-0.2, -0.15) is 0 Å². The van der Waals surface area contributed by atoms with Crippen molar-refractivity contribution < 1.29 is 4.74 Å². The van der Waals surface area contributed by atoms with Crippen LogP contribution in [0.5, 0.6) is 5.75 Å². The molecule has 0 amide bonds. The average Bonchev–Trinajstić information content (AvgIpc) is 2.20. The zero-order valence-electron chi connectivity index (χ0n) is 9.66. The van der Waals surface area contributed by atoms with Crippen LogP contribution >= 0.6 is 28.1 Å². The molecule has 1 unspecified atom stereocenters. The first-order chi connectivity index (χ1) is 7.41. The summed E-state index contributed by atoms with van der Waals surface area (Å²) in [5.41, 5.74) is 6.69. The molecule has 88 valence electrons. The van der Waals surface area contributed by atoms with E-state index in [1.807, 2.05) is 19.1 Å². The Morgan fingerprint density at radius 1 is 1.38 bits per heavy atom. The van der Waals surface area contributed by atoms with Gasteiger partial charge in [-0.15, -0.1) is 0 Å². The quantitative estimate of drug-likeness (QED) is 0.863. The summed E-state index contributed by atoms with van der Waals surface area (Å²) in [7, 11) is 0. The van der Waals surface area contributed by atoms with Crippen molar-refractivity contribution in [3.8, 4) is 5.75 Å². The smallest absolute Gasteiger partial charge is 0.145 e. The minimum Gasteiger partial charge on any atom is -0.483 e. The molecule has 0 bridgehead atoms. The lowest BCUT2D eigenvalue weighted by Gasteiger charge is -2.18. The minimum atomic E-state index is -0.242. The van der Waals surface area contributed by atoms with Crippen molar-refractivity contribution >= 4 is 33.1 Å². The van der Waals surface area contributed by atoms with Crippen LogP contribution in [0.1, 0.15) is 32.3 Å². The standard InChI is InChI=1S/C12H16BrNOS/c1-7(2)10-6-9(13)4-5-11(10)15-8(3)12(14)16/h4-8H,1-3H3,(H2,14,16). The van der Waals surface area contributed by atoms with Crippen LogP contribution in [-0.4, -0.2) is 11.1 Å². The van der Waals surface area contributed by atoms with E-state index in [0.29, 0.717) is 10.9 Å². The summed E-state index contributed by atoms with van der Waals surface area (Å²) in [6.07, 6.45) is -0.242. The first-order valence-corrected chi connectivity index (χ1v) is 6.37. The van der Waals surface area contributed by atoms with E-state index < -0.39 is 0 Å². The Balaban J connectivity index is 2.99. The topological polar surface area (TPSA) is 35.2 Å². The Labute approximate surface area is 110 Å². The first-order valence-electron chi connectivity index (χ1n) is 5.17. The Bertz CT molecular complexity index is 393. The molecular formula is C12H16BrNOS. The monoisotopic (exact) mass is 301 g/mol. The number of halogens is 1. The fourth-order valence-corrected chi connectivity index (χ4v) is 1.75. The van der Waals surface area contributed by atoms with Crippen molar-refractivity contribution in [2.24, 2.45) is 5.73 Å². The van der Waals surface area contributed by atoms with E-state index in [-0.39, 0.29) is 6.10 Å². The molecule has 4 heteroatoms. The Morgan fingerprint density at radius 2 is 2.00 bits per heavy atom. The molecule has 0 saturated carbocycles. The largest absolute Gasteiger partial charge is 0.483 e. The number of rotatable bonds is 4. The molecular weight excluding hydrogens is 286 g/mol. The zero-order chi connectivity index (χ0) is 12.3. The molecule has 0 radical (unpaired) electrons. The van der Waals surface area contributed by atoms with Gasteiger partial charge in [0.05, 0.1) is 0 Å². The highest BCUT2D eigenvalue weighted by Crippen LogP contribution is 2.30. The van der Waals surface area contributed by atoms with Crippen LogP contribution < -0.4 is 10.5 Å². The van der Waals surface area contributed by atoms with Gasteiger partial charge >= 0.3 is 0 Å². The number of hydrogen-bond donors (Lipinski definition) is 1. The second-order valence-electron chi connectivity index (χ2n) is 4.00. The van der Waals surface area contributed by atoms with Gasteiger partial charge in [0.15, 0.2) is 0 Å². The number of ether oxygens (including phenoxy) is 1. The van der Waals surface area contributed by atoms with Gasteiger partial charge in [-0.3, -0.25) is 0 Å². The predicted octanol–water partition coefficient (Wildman–Crippen LogP) is 3.63. The molecule has 0 aromatic heterocycles. The van der Waals surface area contributed by atoms with Crippen LogP contribution in [0, 0.1) is 0 Å². The second-order valence-corrected chi connectivity index (χ2v) is 5.39. The summed E-state index contributed by atoms with van der Waals surface area (Å²) in [6, 6.07) is 5.95. The van der Waals surface area contributed by atoms with Crippen molar-refractivity contribution in [2.45, 2.75) is 32.8 Å². The molecule has 0 aliphatic heterocycles. The van der Waals surface area contributed by atoms with Crippen LogP contribution in [0.15, 0.2) is 22.7 Å². The van der Waals surface area contributed by atoms with Gasteiger partial charge in [0.25, 0.3) is 0 Å². The molecule has 1 aromatic rings. The van der Waals surface area contributed by atoms with Gasteiger partial charge in [-0.25, -0.2) is 0 Å². The van der Waals surface area contributed by atoms with Gasteiger partial charge in [-0.1, -0.05) is 42.0 Å². The molecule has 1 rings (SSSR count). The van der Waals surface area contributed by atoms with E-state index in [1.54, 1.807) is 0 Å². The molecule has 0 aliphatic rings. The second kappa shape index (κ2) is 5.64. The molecule has 0 heterocycles. The summed E-state index contributed by atoms with van der Waals surface area (Å²) in [5, 5.41) is 0. The molecule has 0 spiro atoms. The van der Waals surface area contributed by atoms with E-state index >= 15 is 0 Å². The highest BCUT2D eigenvalue weighted by atomic mass is 79.9. The van der Waals surface area contributed by atoms with Gasteiger partial charge in [-0.05, 0) is 36.6 Å². The van der Waals surface area contributed by atoms with Crippen LogP contribution in [-0.2, 0) is 0 Å². The summed E-state index contributed by atoms with van der Waals surface area (Å²) < 4.78 is 6.78. The molecule has 0 saturated heterocycles. The third-order valence-electron chi connectivity index (χ3n) is 2.30. The summed E-state index contributed by atoms with van der Waals surface area (Å²) in [5.74, 6) is 1.24. The maximum Gasteiger partial charge on any atom is 0.145 e. The molecule has 2 N–H and O–H groups in total. The summed E-state index contributed by atoms with van der Waals surface area (Å²) >= 11 is 8.35. The van der Waals surface area contributed by atoms with E-state index in [0.717, 1.165) is 15.8 Å². The predicted molar refractivity (Wildman–Crippen MR) is 75.1 cm³/mol.